The summed E-state index contributed by atoms with van der Waals surface area (Å²) in [5, 5.41) is 2.63. The molecule has 3 aromatic rings. The van der Waals surface area contributed by atoms with Crippen LogP contribution in [-0.2, 0) is 22.4 Å². The Morgan fingerprint density at radius 3 is 2.70 bits per heavy atom. The van der Waals surface area contributed by atoms with Crippen molar-refractivity contribution in [2.24, 2.45) is 0 Å². The van der Waals surface area contributed by atoms with Crippen LogP contribution >= 0.6 is 0 Å². The number of nitrogens with zero attached hydrogens (tertiary/aromatic N) is 2. The summed E-state index contributed by atoms with van der Waals surface area (Å²) in [7, 11) is 0. The molecule has 0 radical (unpaired) electrons. The number of benzene rings is 2. The number of hydrogen-bond donors (Lipinski definition) is 2. The number of aromatic nitrogens is 2. The van der Waals surface area contributed by atoms with E-state index in [4.69, 9.17) is 4.74 Å². The molecule has 1 aromatic heterocycles. The Hall–Kier alpha value is -3.68. The molecule has 0 saturated carbocycles. The number of unbranched alkanes of at least 4 members (excludes halogenated alkanes) is 1. The number of nitrogens with one attached hydrogen (secondary N) is 2. The Labute approximate surface area is 192 Å². The molecule has 1 aliphatic heterocycles. The first-order valence-corrected chi connectivity index (χ1v) is 11.1. The molecule has 8 heteroatoms. The largest absolute Gasteiger partial charge is 0.442 e. The number of aromatic amines is 1. The van der Waals surface area contributed by atoms with Crippen molar-refractivity contribution in [2.75, 3.05) is 18.0 Å². The highest BCUT2D eigenvalue weighted by Crippen LogP contribution is 2.29. The maximum atomic E-state index is 14.9. The van der Waals surface area contributed by atoms with Gasteiger partial charge in [-0.05, 0) is 55.0 Å². The van der Waals surface area contributed by atoms with Gasteiger partial charge in [0.2, 0.25) is 5.91 Å². The first-order chi connectivity index (χ1) is 16.0. The van der Waals surface area contributed by atoms with Crippen molar-refractivity contribution < 1.29 is 18.7 Å². The number of rotatable bonds is 9. The number of cyclic esters (lactones) is 1. The van der Waals surface area contributed by atoms with Crippen LogP contribution in [-0.4, -0.2) is 41.2 Å². The number of amides is 2. The van der Waals surface area contributed by atoms with E-state index in [1.54, 1.807) is 18.5 Å². The molecule has 33 heavy (non-hydrogen) atoms. The quantitative estimate of drug-likeness (QED) is 0.478. The van der Waals surface area contributed by atoms with Gasteiger partial charge in [-0.3, -0.25) is 9.69 Å². The third-order valence-electron chi connectivity index (χ3n) is 5.70. The van der Waals surface area contributed by atoms with E-state index in [2.05, 4.69) is 15.3 Å². The minimum atomic E-state index is -0.547. The van der Waals surface area contributed by atoms with Crippen LogP contribution in [0.1, 0.15) is 31.0 Å². The van der Waals surface area contributed by atoms with E-state index in [0.717, 1.165) is 36.9 Å². The summed E-state index contributed by atoms with van der Waals surface area (Å²) >= 11 is 0. The van der Waals surface area contributed by atoms with E-state index in [1.807, 2.05) is 30.5 Å². The maximum Gasteiger partial charge on any atom is 0.414 e. The second-order valence-electron chi connectivity index (χ2n) is 8.20. The Kier molecular flexibility index (Phi) is 7.02. The Bertz CT molecular complexity index is 1100. The highest BCUT2D eigenvalue weighted by Gasteiger charge is 2.32. The van der Waals surface area contributed by atoms with Crippen LogP contribution in [0, 0.1) is 5.82 Å². The Morgan fingerprint density at radius 2 is 2.00 bits per heavy atom. The molecule has 2 aromatic carbocycles. The molecule has 2 heterocycles. The molecular formula is C25H27FN4O3. The van der Waals surface area contributed by atoms with Crippen LogP contribution in [0.15, 0.2) is 55.0 Å². The number of ether oxygens (including phenoxy) is 1. The molecule has 172 valence electrons. The third kappa shape index (κ3) is 5.77. The van der Waals surface area contributed by atoms with Gasteiger partial charge in [-0.15, -0.1) is 0 Å². The average Bonchev–Trinajstić information content (AvgIpc) is 3.45. The van der Waals surface area contributed by atoms with Gasteiger partial charge in [0.1, 0.15) is 11.9 Å². The van der Waals surface area contributed by atoms with Crippen LogP contribution < -0.4 is 10.2 Å². The zero-order valence-corrected chi connectivity index (χ0v) is 18.5. The van der Waals surface area contributed by atoms with Gasteiger partial charge in [-0.25, -0.2) is 14.2 Å². The molecule has 1 saturated heterocycles. The standard InChI is InChI=1S/C25H27FN4O3/c1-17(31)28-14-22-15-30(25(32)33-22)21-10-11-23(24(26)12-21)19-8-6-18(7-9-19)4-2-3-5-20-13-27-16-29-20/h6-13,16,22H,2-5,14-15H2,1H3,(H,27,29)(H,28,31)/t22-/m0/s1. The van der Waals surface area contributed by atoms with Gasteiger partial charge in [0.05, 0.1) is 25.1 Å². The summed E-state index contributed by atoms with van der Waals surface area (Å²) in [5.74, 6) is -0.599. The summed E-state index contributed by atoms with van der Waals surface area (Å²) < 4.78 is 20.2. The fraction of sp³-hybridized carbons (Fsp3) is 0.320. The average molecular weight is 451 g/mol. The molecule has 1 aliphatic rings. The summed E-state index contributed by atoms with van der Waals surface area (Å²) in [4.78, 5) is 31.8. The van der Waals surface area contributed by atoms with E-state index in [0.29, 0.717) is 11.3 Å². The summed E-state index contributed by atoms with van der Waals surface area (Å²) in [6.07, 6.45) is 6.62. The second-order valence-corrected chi connectivity index (χ2v) is 8.20. The lowest BCUT2D eigenvalue weighted by Gasteiger charge is -2.14. The van der Waals surface area contributed by atoms with Crippen LogP contribution in [0.4, 0.5) is 14.9 Å². The van der Waals surface area contributed by atoms with Crippen LogP contribution in [0.2, 0.25) is 0 Å². The fourth-order valence-electron chi connectivity index (χ4n) is 3.92. The Balaban J connectivity index is 1.34. The number of aryl methyl sites for hydroxylation is 2. The van der Waals surface area contributed by atoms with Crippen molar-refractivity contribution in [1.29, 1.82) is 0 Å². The number of carbonyl (C=O) groups is 2. The fourth-order valence-corrected chi connectivity index (χ4v) is 3.92. The maximum absolute atomic E-state index is 14.9. The molecule has 0 bridgehead atoms. The monoisotopic (exact) mass is 450 g/mol. The highest BCUT2D eigenvalue weighted by molar-refractivity contribution is 5.90. The molecule has 1 fully saturated rings. The third-order valence-corrected chi connectivity index (χ3v) is 5.70. The van der Waals surface area contributed by atoms with Gasteiger partial charge in [0.25, 0.3) is 0 Å². The van der Waals surface area contributed by atoms with Gasteiger partial charge in [-0.1, -0.05) is 24.3 Å². The van der Waals surface area contributed by atoms with Gasteiger partial charge in [0, 0.05) is 24.4 Å². The van der Waals surface area contributed by atoms with Crippen LogP contribution in [0.3, 0.4) is 0 Å². The minimum absolute atomic E-state index is 0.194. The molecule has 0 aliphatic carbocycles. The Morgan fingerprint density at radius 1 is 1.21 bits per heavy atom. The van der Waals surface area contributed by atoms with Crippen molar-refractivity contribution in [3.63, 3.8) is 0 Å². The molecule has 4 rings (SSSR count). The lowest BCUT2D eigenvalue weighted by Crippen LogP contribution is -2.33. The van der Waals surface area contributed by atoms with Crippen LogP contribution in [0.25, 0.3) is 11.1 Å². The van der Waals surface area contributed by atoms with Gasteiger partial charge in [0.15, 0.2) is 0 Å². The molecule has 1 atom stereocenters. The van der Waals surface area contributed by atoms with Crippen molar-refractivity contribution in [3.8, 4) is 11.1 Å². The number of imidazole rings is 1. The molecule has 2 N–H and O–H groups in total. The SMILES string of the molecule is CC(=O)NC[C@H]1CN(c2ccc(-c3ccc(CCCCc4cnc[nH]4)cc3)c(F)c2)C(=O)O1. The van der Waals surface area contributed by atoms with Gasteiger partial charge in [-0.2, -0.15) is 0 Å². The predicted octanol–water partition coefficient (Wildman–Crippen LogP) is 4.24. The van der Waals surface area contributed by atoms with Crippen molar-refractivity contribution >= 4 is 17.7 Å². The lowest BCUT2D eigenvalue weighted by atomic mass is 10.0. The topological polar surface area (TPSA) is 87.3 Å². The summed E-state index contributed by atoms with van der Waals surface area (Å²) in [6.45, 7) is 1.89. The molecule has 0 unspecified atom stereocenters. The normalized spacial score (nSPS) is 15.5. The smallest absolute Gasteiger partial charge is 0.414 e. The molecule has 2 amide bonds. The van der Waals surface area contributed by atoms with Gasteiger partial charge >= 0.3 is 6.09 Å². The number of halogens is 1. The predicted molar refractivity (Wildman–Crippen MR) is 123 cm³/mol. The van der Waals surface area contributed by atoms with Crippen molar-refractivity contribution in [2.45, 2.75) is 38.7 Å². The minimum Gasteiger partial charge on any atom is -0.442 e. The first kappa shape index (κ1) is 22.5. The lowest BCUT2D eigenvalue weighted by molar-refractivity contribution is -0.119. The van der Waals surface area contributed by atoms with E-state index in [-0.39, 0.29) is 19.0 Å². The number of carbonyl (C=O) groups excluding carboxylic acids is 2. The van der Waals surface area contributed by atoms with Crippen molar-refractivity contribution in [1.82, 2.24) is 15.3 Å². The van der Waals surface area contributed by atoms with Crippen LogP contribution in [0.5, 0.6) is 0 Å². The first-order valence-electron chi connectivity index (χ1n) is 11.1. The number of H-pyrrole nitrogens is 1. The highest BCUT2D eigenvalue weighted by atomic mass is 19.1. The molecular weight excluding hydrogens is 423 g/mol. The van der Waals surface area contributed by atoms with E-state index in [1.165, 1.54) is 23.5 Å². The summed E-state index contributed by atoms with van der Waals surface area (Å²) in [6, 6.07) is 12.7. The summed E-state index contributed by atoms with van der Waals surface area (Å²) in [5.41, 5.74) is 4.06. The zero-order chi connectivity index (χ0) is 23.2. The van der Waals surface area contributed by atoms with E-state index >= 15 is 0 Å². The number of anilines is 1. The van der Waals surface area contributed by atoms with Gasteiger partial charge < -0.3 is 15.0 Å². The number of hydrogen-bond acceptors (Lipinski definition) is 4. The van der Waals surface area contributed by atoms with E-state index in [9.17, 15) is 14.0 Å². The zero-order valence-electron chi connectivity index (χ0n) is 18.5. The van der Waals surface area contributed by atoms with Crippen molar-refractivity contribution in [3.05, 3.63) is 72.1 Å². The van der Waals surface area contributed by atoms with E-state index < -0.39 is 18.0 Å². The molecule has 7 nitrogen and oxygen atoms in total. The molecule has 0 spiro atoms. The second kappa shape index (κ2) is 10.3.